The number of aliphatic hydroxyl groups is 1. The van der Waals surface area contributed by atoms with Crippen LogP contribution in [0, 0.1) is 0 Å². The van der Waals surface area contributed by atoms with Gasteiger partial charge in [0.25, 0.3) is 0 Å². The van der Waals surface area contributed by atoms with E-state index in [2.05, 4.69) is 5.32 Å². The highest BCUT2D eigenvalue weighted by Gasteiger charge is 2.07. The fraction of sp³-hybridized carbons (Fsp3) is 0.222. The van der Waals surface area contributed by atoms with Crippen molar-refractivity contribution in [3.05, 3.63) is 35.6 Å². The van der Waals surface area contributed by atoms with Gasteiger partial charge in [0.2, 0.25) is 5.78 Å². The lowest BCUT2D eigenvalue weighted by atomic mass is 10.1. The second kappa shape index (κ2) is 3.88. The van der Waals surface area contributed by atoms with Crippen molar-refractivity contribution in [3.8, 4) is 0 Å². The van der Waals surface area contributed by atoms with Gasteiger partial charge in [0.05, 0.1) is 0 Å². The van der Waals surface area contributed by atoms with Crippen LogP contribution >= 0.6 is 0 Å². The molecular formula is C9H11NO2. The van der Waals surface area contributed by atoms with E-state index in [1.54, 1.807) is 6.08 Å². The second-order valence-electron chi connectivity index (χ2n) is 2.49. The lowest BCUT2D eigenvalue weighted by molar-refractivity contribution is -0.113. The summed E-state index contributed by atoms with van der Waals surface area (Å²) in [6, 6.07) is 0. The minimum atomic E-state index is -0.336. The summed E-state index contributed by atoms with van der Waals surface area (Å²) in [6.07, 6.45) is 6.38. The molecule has 64 valence electrons. The average Bonchev–Trinajstić information content (AvgIpc) is 2.07. The van der Waals surface area contributed by atoms with Crippen molar-refractivity contribution in [1.82, 2.24) is 5.32 Å². The standard InChI is InChI=1S/C9H11NO2/c1-10-5-4-7-2-3-8(11)9(12)6-7/h2-4,6,10,12H,5H2,1H3/b7-4+. The smallest absolute Gasteiger partial charge is 0.220 e. The lowest BCUT2D eigenvalue weighted by Crippen LogP contribution is -2.06. The van der Waals surface area contributed by atoms with Crippen molar-refractivity contribution >= 4 is 5.78 Å². The van der Waals surface area contributed by atoms with Crippen LogP contribution in [0.1, 0.15) is 0 Å². The first-order valence-corrected chi connectivity index (χ1v) is 3.72. The van der Waals surface area contributed by atoms with E-state index >= 15 is 0 Å². The van der Waals surface area contributed by atoms with Gasteiger partial charge in [0.15, 0.2) is 5.76 Å². The van der Waals surface area contributed by atoms with E-state index in [9.17, 15) is 4.79 Å². The van der Waals surface area contributed by atoms with E-state index in [0.29, 0.717) is 0 Å². The summed E-state index contributed by atoms with van der Waals surface area (Å²) in [5.74, 6) is -0.531. The summed E-state index contributed by atoms with van der Waals surface area (Å²) >= 11 is 0. The third-order valence-corrected chi connectivity index (χ3v) is 1.52. The zero-order valence-corrected chi connectivity index (χ0v) is 6.87. The number of allylic oxidation sites excluding steroid dienone is 4. The molecule has 0 heterocycles. The molecule has 0 unspecified atom stereocenters. The molecule has 0 radical (unpaired) electrons. The number of nitrogens with one attached hydrogen (secondary N) is 1. The molecule has 2 N–H and O–H groups in total. The van der Waals surface area contributed by atoms with E-state index in [1.807, 2.05) is 13.1 Å². The van der Waals surface area contributed by atoms with E-state index in [-0.39, 0.29) is 11.5 Å². The molecule has 0 amide bonds. The van der Waals surface area contributed by atoms with Crippen molar-refractivity contribution in [3.63, 3.8) is 0 Å². The van der Waals surface area contributed by atoms with Gasteiger partial charge in [-0.3, -0.25) is 4.79 Å². The molecular weight excluding hydrogens is 154 g/mol. The average molecular weight is 165 g/mol. The van der Waals surface area contributed by atoms with Crippen LogP contribution in [0.2, 0.25) is 0 Å². The number of rotatable bonds is 2. The highest BCUT2D eigenvalue weighted by Crippen LogP contribution is 2.09. The molecule has 1 rings (SSSR count). The summed E-state index contributed by atoms with van der Waals surface area (Å²) in [4.78, 5) is 10.8. The van der Waals surface area contributed by atoms with Crippen molar-refractivity contribution < 1.29 is 9.90 Å². The molecule has 0 saturated heterocycles. The third-order valence-electron chi connectivity index (χ3n) is 1.52. The molecule has 3 heteroatoms. The molecule has 0 aromatic heterocycles. The first-order valence-electron chi connectivity index (χ1n) is 3.72. The Morgan fingerprint density at radius 3 is 2.92 bits per heavy atom. The molecule has 0 aliphatic heterocycles. The van der Waals surface area contributed by atoms with Crippen LogP contribution in [0.3, 0.4) is 0 Å². The van der Waals surface area contributed by atoms with E-state index < -0.39 is 0 Å². The number of carbonyl (C=O) groups excluding carboxylic acids is 1. The van der Waals surface area contributed by atoms with Gasteiger partial charge in [0, 0.05) is 6.54 Å². The van der Waals surface area contributed by atoms with Crippen LogP contribution in [-0.2, 0) is 4.79 Å². The second-order valence-corrected chi connectivity index (χ2v) is 2.49. The van der Waals surface area contributed by atoms with Crippen LogP contribution in [0.4, 0.5) is 0 Å². The predicted octanol–water partition coefficient (Wildman–Crippen LogP) is 0.713. The van der Waals surface area contributed by atoms with Gasteiger partial charge in [-0.1, -0.05) is 12.2 Å². The number of aliphatic hydroxyl groups excluding tert-OH is 1. The Morgan fingerprint density at radius 1 is 1.58 bits per heavy atom. The number of carbonyl (C=O) groups is 1. The molecule has 0 aromatic rings. The Balaban J connectivity index is 2.72. The molecule has 3 nitrogen and oxygen atoms in total. The zero-order chi connectivity index (χ0) is 8.97. The molecule has 0 spiro atoms. The van der Waals surface area contributed by atoms with Gasteiger partial charge in [-0.2, -0.15) is 0 Å². The minimum Gasteiger partial charge on any atom is -0.504 e. The van der Waals surface area contributed by atoms with Crippen LogP contribution in [0.15, 0.2) is 35.6 Å². The maximum atomic E-state index is 10.8. The van der Waals surface area contributed by atoms with E-state index in [0.717, 1.165) is 12.1 Å². The molecule has 0 bridgehead atoms. The number of hydrogen-bond donors (Lipinski definition) is 2. The van der Waals surface area contributed by atoms with Crippen molar-refractivity contribution in [2.75, 3.05) is 13.6 Å². The summed E-state index contributed by atoms with van der Waals surface area (Å²) in [5, 5.41) is 12.0. The Kier molecular flexibility index (Phi) is 2.82. The third kappa shape index (κ3) is 2.07. The fourth-order valence-electron chi connectivity index (χ4n) is 0.881. The van der Waals surface area contributed by atoms with Gasteiger partial charge in [-0.05, 0) is 24.8 Å². The normalized spacial score (nSPS) is 19.9. The zero-order valence-electron chi connectivity index (χ0n) is 6.87. The molecule has 1 aliphatic rings. The Hall–Kier alpha value is -1.35. The van der Waals surface area contributed by atoms with Crippen LogP contribution in [0.25, 0.3) is 0 Å². The van der Waals surface area contributed by atoms with Gasteiger partial charge >= 0.3 is 0 Å². The quantitative estimate of drug-likeness (QED) is 0.633. The molecule has 12 heavy (non-hydrogen) atoms. The number of ketones is 1. The topological polar surface area (TPSA) is 49.3 Å². The van der Waals surface area contributed by atoms with Crippen LogP contribution in [-0.4, -0.2) is 24.5 Å². The molecule has 0 saturated carbocycles. The Morgan fingerprint density at radius 2 is 2.33 bits per heavy atom. The van der Waals surface area contributed by atoms with Gasteiger partial charge in [0.1, 0.15) is 0 Å². The van der Waals surface area contributed by atoms with E-state index in [4.69, 9.17) is 5.11 Å². The first-order chi connectivity index (χ1) is 5.74. The molecule has 0 fully saturated rings. The van der Waals surface area contributed by atoms with E-state index in [1.165, 1.54) is 12.2 Å². The van der Waals surface area contributed by atoms with Gasteiger partial charge in [-0.15, -0.1) is 0 Å². The summed E-state index contributed by atoms with van der Waals surface area (Å²) < 4.78 is 0. The number of likely N-dealkylation sites (N-methyl/N-ethyl adjacent to an activating group) is 1. The predicted molar refractivity (Wildman–Crippen MR) is 46.9 cm³/mol. The van der Waals surface area contributed by atoms with Crippen molar-refractivity contribution in [1.29, 1.82) is 0 Å². The SMILES string of the molecule is CNC/C=C1\C=CC(=O)C(O)=C1. The van der Waals surface area contributed by atoms with Gasteiger partial charge in [-0.25, -0.2) is 0 Å². The largest absolute Gasteiger partial charge is 0.504 e. The van der Waals surface area contributed by atoms with Crippen LogP contribution < -0.4 is 5.32 Å². The highest BCUT2D eigenvalue weighted by molar-refractivity contribution is 6.04. The maximum Gasteiger partial charge on any atom is 0.220 e. The summed E-state index contributed by atoms with van der Waals surface area (Å²) in [7, 11) is 1.83. The minimum absolute atomic E-state index is 0.195. The number of hydrogen-bond acceptors (Lipinski definition) is 3. The maximum absolute atomic E-state index is 10.8. The molecule has 1 aliphatic carbocycles. The van der Waals surface area contributed by atoms with Gasteiger partial charge < -0.3 is 10.4 Å². The summed E-state index contributed by atoms with van der Waals surface area (Å²) in [6.45, 7) is 0.720. The first kappa shape index (κ1) is 8.74. The Labute approximate surface area is 71.1 Å². The van der Waals surface area contributed by atoms with Crippen molar-refractivity contribution in [2.45, 2.75) is 0 Å². The Bertz CT molecular complexity index is 274. The fourth-order valence-corrected chi connectivity index (χ4v) is 0.881. The molecule has 0 atom stereocenters. The monoisotopic (exact) mass is 165 g/mol. The lowest BCUT2D eigenvalue weighted by Gasteiger charge is -2.02. The summed E-state index contributed by atoms with van der Waals surface area (Å²) in [5.41, 5.74) is 0.849. The highest BCUT2D eigenvalue weighted by atomic mass is 16.3. The van der Waals surface area contributed by atoms with Crippen LogP contribution in [0.5, 0.6) is 0 Å². The van der Waals surface area contributed by atoms with Crippen molar-refractivity contribution in [2.24, 2.45) is 0 Å². The molecule has 0 aromatic carbocycles.